The van der Waals surface area contributed by atoms with Gasteiger partial charge >= 0.3 is 12.2 Å². The van der Waals surface area contributed by atoms with Crippen LogP contribution >= 0.6 is 11.3 Å². The van der Waals surface area contributed by atoms with Gasteiger partial charge in [-0.1, -0.05) is 6.07 Å². The zero-order valence-corrected chi connectivity index (χ0v) is 20.1. The summed E-state index contributed by atoms with van der Waals surface area (Å²) in [6.45, 7) is -3.68. The van der Waals surface area contributed by atoms with Crippen LogP contribution in [0.25, 0.3) is 0 Å². The summed E-state index contributed by atoms with van der Waals surface area (Å²) >= 11 is 1.60. The second-order valence-electron chi connectivity index (χ2n) is 7.39. The average molecular weight is 539 g/mol. The highest BCUT2D eigenvalue weighted by Gasteiger charge is 2.44. The van der Waals surface area contributed by atoms with E-state index >= 15 is 0 Å². The molecular weight excluding hydrogens is 504 g/mol. The van der Waals surface area contributed by atoms with Gasteiger partial charge in [-0.15, -0.1) is 11.3 Å². The molecule has 0 spiro atoms. The maximum absolute atomic E-state index is 13.6. The normalized spacial score (nSPS) is 14.4. The largest absolute Gasteiger partial charge is 0.396 e. The van der Waals surface area contributed by atoms with Gasteiger partial charge in [0.25, 0.3) is 0 Å². The first-order valence-corrected chi connectivity index (χ1v) is 11.9. The fraction of sp³-hybridized carbons (Fsp3) is 0.810. The molecule has 2 atom stereocenters. The molecule has 0 bridgehead atoms. The fourth-order valence-electron chi connectivity index (χ4n) is 2.47. The second kappa shape index (κ2) is 18.3. The van der Waals surface area contributed by atoms with Crippen LogP contribution in [-0.2, 0) is 34.8 Å². The molecule has 3 N–H and O–H groups in total. The Bertz CT molecular complexity index is 626. The molecule has 0 saturated heterocycles. The molecule has 0 aliphatic heterocycles. The number of aliphatic hydroxyl groups excluding tert-OH is 3. The van der Waals surface area contributed by atoms with Gasteiger partial charge in [0.2, 0.25) is 0 Å². The second-order valence-corrected chi connectivity index (χ2v) is 8.42. The van der Waals surface area contributed by atoms with Gasteiger partial charge in [-0.2, -0.15) is 17.6 Å². The lowest BCUT2D eigenvalue weighted by Crippen LogP contribution is -2.40. The van der Waals surface area contributed by atoms with Crippen molar-refractivity contribution >= 4 is 11.3 Å². The topological polar surface area (TPSA) is 116 Å². The Morgan fingerprint density at radius 3 is 2.14 bits per heavy atom. The lowest BCUT2D eigenvalue weighted by molar-refractivity contribution is -0.396. The van der Waals surface area contributed by atoms with Gasteiger partial charge in [-0.3, -0.25) is 4.74 Å². The number of hydrogen-bond acceptors (Lipinski definition) is 10. The molecule has 2 unspecified atom stereocenters. The van der Waals surface area contributed by atoms with Crippen molar-refractivity contribution in [3.8, 4) is 0 Å². The standard InChI is InChI=1S/C21H34F4O9S/c22-20(23,14-32-13-18(28)4-7-29-8-5-19-2-1-11-35-19)34-21(24,25)15-33-16-31-10-9-30-12-17(27)3-6-26/h1-2,11,17-18,26-28H,3-10,12-16H2. The lowest BCUT2D eigenvalue weighted by atomic mass is 10.3. The van der Waals surface area contributed by atoms with Crippen LogP contribution in [0, 0.1) is 0 Å². The van der Waals surface area contributed by atoms with Crippen molar-refractivity contribution in [3.05, 3.63) is 22.4 Å². The Balaban J connectivity index is 2.05. The Morgan fingerprint density at radius 1 is 0.800 bits per heavy atom. The van der Waals surface area contributed by atoms with E-state index < -0.39 is 51.0 Å². The number of halogens is 4. The number of aliphatic hydroxyl groups is 3. The highest BCUT2D eigenvalue weighted by atomic mass is 32.1. The summed E-state index contributed by atoms with van der Waals surface area (Å²) in [6, 6.07) is 3.89. The van der Waals surface area contributed by atoms with E-state index in [1.165, 1.54) is 0 Å². The van der Waals surface area contributed by atoms with Gasteiger partial charge < -0.3 is 39.0 Å². The van der Waals surface area contributed by atoms with Gasteiger partial charge in [0, 0.05) is 24.5 Å². The summed E-state index contributed by atoms with van der Waals surface area (Å²) in [4.78, 5) is 1.16. The van der Waals surface area contributed by atoms with Crippen LogP contribution in [-0.4, -0.2) is 106 Å². The van der Waals surface area contributed by atoms with E-state index in [9.17, 15) is 27.8 Å². The summed E-state index contributed by atoms with van der Waals surface area (Å²) in [7, 11) is 0. The third-order valence-corrected chi connectivity index (χ3v) is 5.06. The van der Waals surface area contributed by atoms with Crippen LogP contribution in [0.1, 0.15) is 17.7 Å². The number of hydrogen-bond donors (Lipinski definition) is 3. The van der Waals surface area contributed by atoms with Crippen molar-refractivity contribution < 1.29 is 61.3 Å². The summed E-state index contributed by atoms with van der Waals surface area (Å²) in [5, 5.41) is 29.6. The Kier molecular flexibility index (Phi) is 16.8. The molecule has 1 rings (SSSR count). The number of alkyl halides is 4. The van der Waals surface area contributed by atoms with Gasteiger partial charge in [0.1, 0.15) is 20.0 Å². The quantitative estimate of drug-likeness (QED) is 0.109. The van der Waals surface area contributed by atoms with Gasteiger partial charge in [0.15, 0.2) is 0 Å². The zero-order chi connectivity index (χ0) is 26.0. The number of ether oxygens (including phenoxy) is 6. The molecule has 206 valence electrons. The minimum Gasteiger partial charge on any atom is -0.396 e. The first kappa shape index (κ1) is 32.1. The van der Waals surface area contributed by atoms with Crippen molar-refractivity contribution in [1.82, 2.24) is 0 Å². The molecule has 9 nitrogen and oxygen atoms in total. The Hall–Kier alpha value is -0.940. The van der Waals surface area contributed by atoms with Crippen LogP contribution < -0.4 is 0 Å². The zero-order valence-electron chi connectivity index (χ0n) is 19.3. The monoisotopic (exact) mass is 538 g/mol. The first-order chi connectivity index (χ1) is 16.6. The molecule has 1 heterocycles. The molecule has 0 aliphatic rings. The summed E-state index contributed by atoms with van der Waals surface area (Å²) in [5.41, 5.74) is 0. The SMILES string of the molecule is OCCC(O)COCCOCOCC(F)(F)OC(F)(F)COCC(O)CCOCCc1cccs1. The van der Waals surface area contributed by atoms with Crippen LogP contribution in [0.3, 0.4) is 0 Å². The highest BCUT2D eigenvalue weighted by Crippen LogP contribution is 2.27. The van der Waals surface area contributed by atoms with Crippen LogP contribution in [0.5, 0.6) is 0 Å². The van der Waals surface area contributed by atoms with E-state index in [0.717, 1.165) is 11.3 Å². The van der Waals surface area contributed by atoms with Gasteiger partial charge in [0.05, 0.1) is 45.2 Å². The average Bonchev–Trinajstić information content (AvgIpc) is 3.28. The molecule has 0 aliphatic carbocycles. The molecule has 1 aromatic heterocycles. The smallest absolute Gasteiger partial charge is 0.383 e. The van der Waals surface area contributed by atoms with Crippen molar-refractivity contribution in [1.29, 1.82) is 0 Å². The molecule has 0 fully saturated rings. The minimum absolute atomic E-state index is 0.0290. The van der Waals surface area contributed by atoms with Crippen LogP contribution in [0.4, 0.5) is 17.6 Å². The minimum atomic E-state index is -4.31. The van der Waals surface area contributed by atoms with Gasteiger partial charge in [-0.25, -0.2) is 0 Å². The van der Waals surface area contributed by atoms with Crippen LogP contribution in [0.15, 0.2) is 17.5 Å². The number of rotatable bonds is 23. The van der Waals surface area contributed by atoms with Gasteiger partial charge in [-0.05, 0) is 24.3 Å². The Labute approximate surface area is 205 Å². The molecular formula is C21H34F4O9S. The molecule has 1 aromatic rings. The van der Waals surface area contributed by atoms with Crippen molar-refractivity contribution in [2.45, 2.75) is 43.7 Å². The fourth-order valence-corrected chi connectivity index (χ4v) is 3.16. The van der Waals surface area contributed by atoms with Crippen LogP contribution in [0.2, 0.25) is 0 Å². The predicted octanol–water partition coefficient (Wildman–Crippen LogP) is 2.03. The first-order valence-electron chi connectivity index (χ1n) is 11.0. The van der Waals surface area contributed by atoms with E-state index in [0.29, 0.717) is 6.61 Å². The molecule has 0 aromatic carbocycles. The van der Waals surface area contributed by atoms with E-state index in [4.69, 9.17) is 19.3 Å². The Morgan fingerprint density at radius 2 is 1.46 bits per heavy atom. The number of thiophene rings is 1. The van der Waals surface area contributed by atoms with E-state index in [-0.39, 0.29) is 45.9 Å². The van der Waals surface area contributed by atoms with Crippen molar-refractivity contribution in [2.24, 2.45) is 0 Å². The van der Waals surface area contributed by atoms with E-state index in [2.05, 4.69) is 14.2 Å². The summed E-state index contributed by atoms with van der Waals surface area (Å²) in [5.74, 6) is 0. The van der Waals surface area contributed by atoms with E-state index in [1.807, 2.05) is 17.5 Å². The maximum Gasteiger partial charge on any atom is 0.383 e. The predicted molar refractivity (Wildman–Crippen MR) is 117 cm³/mol. The third kappa shape index (κ3) is 18.0. The molecule has 0 amide bonds. The molecule has 0 radical (unpaired) electrons. The maximum atomic E-state index is 13.6. The molecule has 35 heavy (non-hydrogen) atoms. The third-order valence-electron chi connectivity index (χ3n) is 4.13. The van der Waals surface area contributed by atoms with Crippen molar-refractivity contribution in [2.75, 3.05) is 66.3 Å². The highest BCUT2D eigenvalue weighted by molar-refractivity contribution is 7.09. The lowest BCUT2D eigenvalue weighted by Gasteiger charge is -2.24. The van der Waals surface area contributed by atoms with E-state index in [1.54, 1.807) is 11.3 Å². The van der Waals surface area contributed by atoms with Crippen molar-refractivity contribution in [3.63, 3.8) is 0 Å². The summed E-state index contributed by atoms with van der Waals surface area (Å²) < 4.78 is 82.2. The molecule has 0 saturated carbocycles. The molecule has 14 heteroatoms. The summed E-state index contributed by atoms with van der Waals surface area (Å²) in [6.07, 6.45) is -9.54.